The first-order chi connectivity index (χ1) is 13.5. The molecule has 1 aromatic carbocycles. The van der Waals surface area contributed by atoms with Gasteiger partial charge in [0, 0.05) is 23.1 Å². The fourth-order valence-electron chi connectivity index (χ4n) is 3.47. The van der Waals surface area contributed by atoms with Gasteiger partial charge in [0.05, 0.1) is 25.9 Å². The maximum Gasteiger partial charge on any atom is 0.335 e. The van der Waals surface area contributed by atoms with Crippen molar-refractivity contribution >= 4 is 23.5 Å². The largest absolute Gasteiger partial charge is 0.466 e. The van der Waals surface area contributed by atoms with Crippen LogP contribution in [0.2, 0.25) is 5.02 Å². The molecule has 0 aromatic heterocycles. The van der Waals surface area contributed by atoms with E-state index in [9.17, 15) is 9.59 Å². The van der Waals surface area contributed by atoms with E-state index >= 15 is 0 Å². The van der Waals surface area contributed by atoms with Gasteiger partial charge < -0.3 is 14.2 Å². The van der Waals surface area contributed by atoms with Gasteiger partial charge in [-0.2, -0.15) is 0 Å². The molecule has 1 aliphatic rings. The molecule has 2 rings (SSSR count). The average Bonchev–Trinajstić information content (AvgIpc) is 2.67. The number of halogens is 1. The van der Waals surface area contributed by atoms with Crippen molar-refractivity contribution in [1.29, 1.82) is 0 Å². The normalized spacial score (nSPS) is 17.0. The van der Waals surface area contributed by atoms with E-state index in [0.717, 1.165) is 17.6 Å². The zero-order chi connectivity index (χ0) is 20.7. The molecule has 1 unspecified atom stereocenters. The zero-order valence-electron chi connectivity index (χ0n) is 16.8. The smallest absolute Gasteiger partial charge is 0.335 e. The topological polar surface area (TPSA) is 61.8 Å². The standard InChI is InChI=1S/C22H27ClO5/c1-5-11-27-13-15-12-14(3)18(21(24)26-4)20(19(15)22(25)28-6-2)16-9-7-8-10-17(16)23/h7-10,20H,5-6,11-13H2,1-4H3. The highest BCUT2D eigenvalue weighted by Crippen LogP contribution is 2.44. The van der Waals surface area contributed by atoms with Gasteiger partial charge in [-0.3, -0.25) is 0 Å². The van der Waals surface area contributed by atoms with Crippen molar-refractivity contribution in [2.45, 2.75) is 39.5 Å². The lowest BCUT2D eigenvalue weighted by molar-refractivity contribution is -0.139. The van der Waals surface area contributed by atoms with Crippen LogP contribution in [0.15, 0.2) is 46.6 Å². The van der Waals surface area contributed by atoms with E-state index in [4.69, 9.17) is 25.8 Å². The number of esters is 2. The van der Waals surface area contributed by atoms with Crippen LogP contribution < -0.4 is 0 Å². The van der Waals surface area contributed by atoms with Crippen LogP contribution in [-0.2, 0) is 23.8 Å². The minimum absolute atomic E-state index is 0.233. The third-order valence-corrected chi connectivity index (χ3v) is 4.98. The van der Waals surface area contributed by atoms with Crippen molar-refractivity contribution < 1.29 is 23.8 Å². The van der Waals surface area contributed by atoms with E-state index < -0.39 is 17.9 Å². The molecule has 0 saturated carbocycles. The summed E-state index contributed by atoms with van der Waals surface area (Å²) in [6.07, 6.45) is 1.32. The van der Waals surface area contributed by atoms with Crippen LogP contribution in [0.25, 0.3) is 0 Å². The minimum Gasteiger partial charge on any atom is -0.466 e. The van der Waals surface area contributed by atoms with E-state index in [1.165, 1.54) is 7.11 Å². The molecule has 152 valence electrons. The summed E-state index contributed by atoms with van der Waals surface area (Å²) in [6.45, 7) is 6.77. The molecule has 0 spiro atoms. The van der Waals surface area contributed by atoms with Crippen molar-refractivity contribution in [3.05, 3.63) is 57.1 Å². The van der Waals surface area contributed by atoms with E-state index in [2.05, 4.69) is 0 Å². The highest BCUT2D eigenvalue weighted by molar-refractivity contribution is 6.31. The molecule has 0 saturated heterocycles. The number of carbonyl (C=O) groups is 2. The number of methoxy groups -OCH3 is 1. The molecule has 1 aliphatic carbocycles. The van der Waals surface area contributed by atoms with Crippen LogP contribution in [0.4, 0.5) is 0 Å². The summed E-state index contributed by atoms with van der Waals surface area (Å²) in [6, 6.07) is 7.20. The quantitative estimate of drug-likeness (QED) is 0.466. The van der Waals surface area contributed by atoms with Gasteiger partial charge in [0.1, 0.15) is 0 Å². The fraction of sp³-hybridized carbons (Fsp3) is 0.455. The molecule has 28 heavy (non-hydrogen) atoms. The van der Waals surface area contributed by atoms with Crippen LogP contribution in [0.5, 0.6) is 0 Å². The van der Waals surface area contributed by atoms with Gasteiger partial charge >= 0.3 is 11.9 Å². The number of hydrogen-bond acceptors (Lipinski definition) is 5. The number of ether oxygens (including phenoxy) is 3. The third-order valence-electron chi connectivity index (χ3n) is 4.64. The summed E-state index contributed by atoms with van der Waals surface area (Å²) in [5.74, 6) is -1.59. The molecule has 5 nitrogen and oxygen atoms in total. The molecule has 0 bridgehead atoms. The van der Waals surface area contributed by atoms with Crippen LogP contribution in [-0.4, -0.2) is 38.9 Å². The fourth-order valence-corrected chi connectivity index (χ4v) is 3.71. The second-order valence-corrected chi connectivity index (χ2v) is 7.01. The molecule has 0 radical (unpaired) electrons. The van der Waals surface area contributed by atoms with Crippen molar-refractivity contribution in [3.63, 3.8) is 0 Å². The predicted octanol–water partition coefficient (Wildman–Crippen LogP) is 4.60. The predicted molar refractivity (Wildman–Crippen MR) is 108 cm³/mol. The minimum atomic E-state index is -0.658. The Kier molecular flexibility index (Phi) is 8.27. The SMILES string of the molecule is CCCOCC1=C(C(=O)OCC)C(c2ccccc2Cl)C(C(=O)OC)=C(C)C1. The molecular weight excluding hydrogens is 380 g/mol. The Morgan fingerprint density at radius 2 is 1.86 bits per heavy atom. The van der Waals surface area contributed by atoms with Crippen LogP contribution >= 0.6 is 11.6 Å². The maximum absolute atomic E-state index is 12.9. The lowest BCUT2D eigenvalue weighted by Gasteiger charge is -2.31. The number of benzene rings is 1. The summed E-state index contributed by atoms with van der Waals surface area (Å²) < 4.78 is 16.1. The Morgan fingerprint density at radius 3 is 2.46 bits per heavy atom. The average molecular weight is 407 g/mol. The van der Waals surface area contributed by atoms with E-state index in [1.54, 1.807) is 13.0 Å². The molecule has 0 amide bonds. The lowest BCUT2D eigenvalue weighted by Crippen LogP contribution is -2.28. The van der Waals surface area contributed by atoms with Crippen LogP contribution in [0.3, 0.4) is 0 Å². The van der Waals surface area contributed by atoms with Crippen molar-refractivity contribution in [1.82, 2.24) is 0 Å². The maximum atomic E-state index is 12.9. The summed E-state index contributed by atoms with van der Waals surface area (Å²) >= 11 is 6.46. The molecule has 0 aliphatic heterocycles. The molecular formula is C22H27ClO5. The number of carbonyl (C=O) groups excluding carboxylic acids is 2. The Hall–Kier alpha value is -2.11. The Bertz CT molecular complexity index is 794. The molecule has 0 fully saturated rings. The van der Waals surface area contributed by atoms with Gasteiger partial charge in [-0.05, 0) is 43.9 Å². The molecule has 6 heteroatoms. The number of hydrogen-bond donors (Lipinski definition) is 0. The lowest BCUT2D eigenvalue weighted by atomic mass is 9.74. The van der Waals surface area contributed by atoms with E-state index in [1.807, 2.05) is 32.0 Å². The number of allylic oxidation sites excluding steroid dienone is 1. The summed E-state index contributed by atoms with van der Waals surface area (Å²) in [4.78, 5) is 25.6. The van der Waals surface area contributed by atoms with Crippen molar-refractivity contribution in [2.75, 3.05) is 26.9 Å². The van der Waals surface area contributed by atoms with E-state index in [-0.39, 0.29) is 6.61 Å². The van der Waals surface area contributed by atoms with Crippen LogP contribution in [0, 0.1) is 0 Å². The second-order valence-electron chi connectivity index (χ2n) is 6.61. The van der Waals surface area contributed by atoms with Gasteiger partial charge in [-0.25, -0.2) is 9.59 Å². The molecule has 1 atom stereocenters. The number of rotatable bonds is 8. The van der Waals surface area contributed by atoms with E-state index in [0.29, 0.717) is 41.4 Å². The first kappa shape index (κ1) is 22.2. The Balaban J connectivity index is 2.67. The molecule has 1 aromatic rings. The van der Waals surface area contributed by atoms with Crippen molar-refractivity contribution in [3.8, 4) is 0 Å². The van der Waals surface area contributed by atoms with Crippen molar-refractivity contribution in [2.24, 2.45) is 0 Å². The highest BCUT2D eigenvalue weighted by atomic mass is 35.5. The monoisotopic (exact) mass is 406 g/mol. The summed E-state index contributed by atoms with van der Waals surface area (Å²) in [5.41, 5.74) is 3.15. The first-order valence-electron chi connectivity index (χ1n) is 9.45. The van der Waals surface area contributed by atoms with Gasteiger partial charge in [-0.15, -0.1) is 0 Å². The third kappa shape index (κ3) is 4.83. The highest BCUT2D eigenvalue weighted by Gasteiger charge is 2.39. The van der Waals surface area contributed by atoms with Gasteiger partial charge in [0.2, 0.25) is 0 Å². The molecule has 0 heterocycles. The van der Waals surface area contributed by atoms with Gasteiger partial charge in [0.15, 0.2) is 0 Å². The first-order valence-corrected chi connectivity index (χ1v) is 9.83. The summed E-state index contributed by atoms with van der Waals surface area (Å²) in [5, 5.41) is 0.472. The summed E-state index contributed by atoms with van der Waals surface area (Å²) in [7, 11) is 1.33. The second kappa shape index (κ2) is 10.4. The van der Waals surface area contributed by atoms with Crippen LogP contribution in [0.1, 0.15) is 45.1 Å². The molecule has 0 N–H and O–H groups in total. The Morgan fingerprint density at radius 1 is 1.14 bits per heavy atom. The zero-order valence-corrected chi connectivity index (χ0v) is 17.6. The Labute approximate surface area is 171 Å². The van der Waals surface area contributed by atoms with Gasteiger partial charge in [-0.1, -0.05) is 42.3 Å². The van der Waals surface area contributed by atoms with Gasteiger partial charge in [0.25, 0.3) is 0 Å².